The molecule has 0 amide bonds. The molecule has 166 valence electrons. The van der Waals surface area contributed by atoms with Crippen LogP contribution in [0.4, 0.5) is 0 Å². The van der Waals surface area contributed by atoms with Crippen molar-refractivity contribution in [3.05, 3.63) is 59.7 Å². The number of ketones is 2. The van der Waals surface area contributed by atoms with Gasteiger partial charge in [-0.15, -0.1) is 0 Å². The monoisotopic (exact) mass is 412 g/mol. The van der Waals surface area contributed by atoms with Gasteiger partial charge in [-0.25, -0.2) is 0 Å². The highest BCUT2D eigenvalue weighted by Crippen LogP contribution is 2.32. The Balaban J connectivity index is 0.000000656. The van der Waals surface area contributed by atoms with E-state index in [1.54, 1.807) is 0 Å². The average molecular weight is 413 g/mol. The van der Waals surface area contributed by atoms with E-state index in [0.29, 0.717) is 18.6 Å². The van der Waals surface area contributed by atoms with Crippen LogP contribution in [0.1, 0.15) is 71.2 Å². The van der Waals surface area contributed by atoms with Crippen LogP contribution in [0.2, 0.25) is 0 Å². The minimum Gasteiger partial charge on any atom is -0.300 e. The summed E-state index contributed by atoms with van der Waals surface area (Å²) in [5.41, 5.74) is 1.44. The largest absolute Gasteiger partial charge is 0.300 e. The first kappa shape index (κ1) is 26.0. The summed E-state index contributed by atoms with van der Waals surface area (Å²) in [6, 6.07) is 9.53. The SMILES string of the molecule is CCC(=O)CC.CCN(CC)C1(N(CC)CC)C=CC(C(=O)c2ccccc2)=CC1. The van der Waals surface area contributed by atoms with E-state index in [4.69, 9.17) is 0 Å². The van der Waals surface area contributed by atoms with E-state index in [0.717, 1.165) is 43.7 Å². The number of allylic oxidation sites excluding steroid dienone is 2. The molecule has 0 spiro atoms. The van der Waals surface area contributed by atoms with Gasteiger partial charge in [0.15, 0.2) is 5.78 Å². The minimum atomic E-state index is -0.118. The van der Waals surface area contributed by atoms with Crippen LogP contribution in [0.15, 0.2) is 54.1 Å². The molecule has 30 heavy (non-hydrogen) atoms. The number of carbonyl (C=O) groups excluding carboxylic acids is 2. The topological polar surface area (TPSA) is 40.6 Å². The van der Waals surface area contributed by atoms with Crippen LogP contribution in [0.5, 0.6) is 0 Å². The van der Waals surface area contributed by atoms with Crippen LogP contribution in [-0.4, -0.2) is 53.2 Å². The van der Waals surface area contributed by atoms with Crippen molar-refractivity contribution in [2.24, 2.45) is 0 Å². The second kappa shape index (κ2) is 13.3. The molecule has 0 unspecified atom stereocenters. The standard InChI is InChI=1S/C21H30N2O.C5H10O/c1-5-22(6-2)21(23(7-3)8-4)16-14-19(15-17-21)20(24)18-12-10-9-11-13-18;1-3-5(6)4-2/h9-16H,5-8,17H2,1-4H3;3-4H2,1-2H3. The Hall–Kier alpha value is -2.04. The van der Waals surface area contributed by atoms with Gasteiger partial charge in [0.05, 0.1) is 5.66 Å². The molecule has 0 saturated carbocycles. The highest BCUT2D eigenvalue weighted by molar-refractivity contribution is 6.10. The maximum atomic E-state index is 12.7. The van der Waals surface area contributed by atoms with Gasteiger partial charge in [0, 0.05) is 30.4 Å². The molecule has 1 aliphatic carbocycles. The summed E-state index contributed by atoms with van der Waals surface area (Å²) in [4.78, 5) is 27.8. The third-order valence-electron chi connectivity index (χ3n) is 5.86. The van der Waals surface area contributed by atoms with Crippen LogP contribution in [0, 0.1) is 0 Å². The number of likely N-dealkylation sites (N-methyl/N-ethyl adjacent to an activating group) is 2. The van der Waals surface area contributed by atoms with Crippen LogP contribution >= 0.6 is 0 Å². The first-order chi connectivity index (χ1) is 14.4. The van der Waals surface area contributed by atoms with E-state index in [1.165, 1.54) is 0 Å². The maximum Gasteiger partial charge on any atom is 0.192 e. The van der Waals surface area contributed by atoms with Gasteiger partial charge in [0.1, 0.15) is 5.78 Å². The molecular formula is C26H40N2O2. The first-order valence-electron chi connectivity index (χ1n) is 11.4. The first-order valence-corrected chi connectivity index (χ1v) is 11.4. The summed E-state index contributed by atoms with van der Waals surface area (Å²) in [5.74, 6) is 0.453. The van der Waals surface area contributed by atoms with Gasteiger partial charge >= 0.3 is 0 Å². The van der Waals surface area contributed by atoms with Crippen molar-refractivity contribution in [2.75, 3.05) is 26.2 Å². The zero-order chi connectivity index (χ0) is 22.6. The van der Waals surface area contributed by atoms with Crippen molar-refractivity contribution < 1.29 is 9.59 Å². The number of carbonyl (C=O) groups is 2. The minimum absolute atomic E-state index is 0.111. The second-order valence-corrected chi connectivity index (χ2v) is 7.36. The summed E-state index contributed by atoms with van der Waals surface area (Å²) in [7, 11) is 0. The fraction of sp³-hybridized carbons (Fsp3) is 0.538. The lowest BCUT2D eigenvalue weighted by Gasteiger charge is -2.49. The highest BCUT2D eigenvalue weighted by atomic mass is 16.1. The molecule has 4 heteroatoms. The van der Waals surface area contributed by atoms with Crippen molar-refractivity contribution >= 4 is 11.6 Å². The number of Topliss-reactive ketones (excluding diaryl/α,β-unsaturated/α-hetero) is 2. The molecule has 0 fully saturated rings. The zero-order valence-corrected chi connectivity index (χ0v) is 19.8. The van der Waals surface area contributed by atoms with E-state index in [2.05, 4.69) is 49.6 Å². The number of hydrogen-bond donors (Lipinski definition) is 0. The molecule has 0 aromatic heterocycles. The lowest BCUT2D eigenvalue weighted by molar-refractivity contribution is -0.118. The molecule has 0 atom stereocenters. The smallest absolute Gasteiger partial charge is 0.192 e. The van der Waals surface area contributed by atoms with E-state index < -0.39 is 0 Å². The molecule has 0 saturated heterocycles. The third kappa shape index (κ3) is 6.48. The van der Waals surface area contributed by atoms with Gasteiger partial charge in [-0.05, 0) is 32.3 Å². The van der Waals surface area contributed by atoms with E-state index >= 15 is 0 Å². The van der Waals surface area contributed by atoms with Crippen LogP contribution in [0.25, 0.3) is 0 Å². The molecule has 0 aliphatic heterocycles. The molecule has 4 nitrogen and oxygen atoms in total. The molecule has 1 aromatic carbocycles. The second-order valence-electron chi connectivity index (χ2n) is 7.36. The van der Waals surface area contributed by atoms with Crippen molar-refractivity contribution in [1.29, 1.82) is 0 Å². The number of hydrogen-bond acceptors (Lipinski definition) is 4. The number of nitrogens with zero attached hydrogens (tertiary/aromatic N) is 2. The maximum absolute atomic E-state index is 12.7. The molecule has 1 aromatic rings. The fourth-order valence-electron chi connectivity index (χ4n) is 4.01. The van der Waals surface area contributed by atoms with Crippen LogP contribution in [-0.2, 0) is 4.79 Å². The molecule has 0 radical (unpaired) electrons. The Morgan fingerprint density at radius 2 is 1.33 bits per heavy atom. The summed E-state index contributed by atoms with van der Waals surface area (Å²) >= 11 is 0. The van der Waals surface area contributed by atoms with Gasteiger partial charge in [-0.2, -0.15) is 0 Å². The quantitative estimate of drug-likeness (QED) is 0.375. The molecule has 0 heterocycles. The summed E-state index contributed by atoms with van der Waals surface area (Å²) < 4.78 is 0. The van der Waals surface area contributed by atoms with Gasteiger partial charge in [-0.1, -0.05) is 84.0 Å². The van der Waals surface area contributed by atoms with Gasteiger partial charge in [-0.3, -0.25) is 19.4 Å². The fourth-order valence-corrected chi connectivity index (χ4v) is 4.01. The highest BCUT2D eigenvalue weighted by Gasteiger charge is 2.38. The molecule has 0 N–H and O–H groups in total. The summed E-state index contributed by atoms with van der Waals surface area (Å²) in [6.45, 7) is 16.6. The van der Waals surface area contributed by atoms with Gasteiger partial charge in [0.2, 0.25) is 0 Å². The predicted molar refractivity (Wildman–Crippen MR) is 127 cm³/mol. The Bertz CT molecular complexity index is 696. The van der Waals surface area contributed by atoms with Crippen LogP contribution < -0.4 is 0 Å². The lowest BCUT2D eigenvalue weighted by Crippen LogP contribution is -2.59. The van der Waals surface area contributed by atoms with Gasteiger partial charge in [0.25, 0.3) is 0 Å². The molecular weight excluding hydrogens is 372 g/mol. The Morgan fingerprint density at radius 1 is 0.833 bits per heavy atom. The Kier molecular flexibility index (Phi) is 11.5. The Labute approximate surface area is 183 Å². The van der Waals surface area contributed by atoms with Crippen molar-refractivity contribution in [3.63, 3.8) is 0 Å². The van der Waals surface area contributed by atoms with Crippen molar-refractivity contribution in [2.45, 2.75) is 66.5 Å². The zero-order valence-electron chi connectivity index (χ0n) is 19.8. The summed E-state index contributed by atoms with van der Waals surface area (Å²) in [5, 5.41) is 0. The number of benzene rings is 1. The van der Waals surface area contributed by atoms with E-state index in [9.17, 15) is 9.59 Å². The average Bonchev–Trinajstić information content (AvgIpc) is 2.81. The number of rotatable bonds is 10. The molecule has 2 rings (SSSR count). The lowest BCUT2D eigenvalue weighted by atomic mass is 9.89. The Morgan fingerprint density at radius 3 is 1.67 bits per heavy atom. The van der Waals surface area contributed by atoms with Crippen molar-refractivity contribution in [3.8, 4) is 0 Å². The van der Waals surface area contributed by atoms with Crippen molar-refractivity contribution in [1.82, 2.24) is 9.80 Å². The molecule has 1 aliphatic rings. The predicted octanol–water partition coefficient (Wildman–Crippen LogP) is 5.51. The summed E-state index contributed by atoms with van der Waals surface area (Å²) in [6.07, 6.45) is 8.61. The van der Waals surface area contributed by atoms with E-state index in [1.807, 2.05) is 50.3 Å². The third-order valence-corrected chi connectivity index (χ3v) is 5.86. The van der Waals surface area contributed by atoms with E-state index in [-0.39, 0.29) is 11.4 Å². The van der Waals surface area contributed by atoms with Crippen LogP contribution in [0.3, 0.4) is 0 Å². The molecule has 0 bridgehead atoms. The normalized spacial score (nSPS) is 14.9. The van der Waals surface area contributed by atoms with Gasteiger partial charge < -0.3 is 0 Å².